The Labute approximate surface area is 190 Å². The zero-order chi connectivity index (χ0) is 19.9. The van der Waals surface area contributed by atoms with Gasteiger partial charge in [0.1, 0.15) is 5.82 Å². The number of halogens is 2. The van der Waals surface area contributed by atoms with Crippen LogP contribution in [0.3, 0.4) is 0 Å². The van der Waals surface area contributed by atoms with Gasteiger partial charge in [-0.25, -0.2) is 4.39 Å². The zero-order valence-corrected chi connectivity index (χ0v) is 19.8. The van der Waals surface area contributed by atoms with Crippen molar-refractivity contribution in [2.45, 2.75) is 25.8 Å². The summed E-state index contributed by atoms with van der Waals surface area (Å²) in [6, 6.07) is 6.55. The summed E-state index contributed by atoms with van der Waals surface area (Å²) in [5, 5.41) is 3.40. The second kappa shape index (κ2) is 11.7. The first-order valence-electron chi connectivity index (χ1n) is 10.2. The topological polar surface area (TPSA) is 51.2 Å². The summed E-state index contributed by atoms with van der Waals surface area (Å²) in [6.07, 6.45) is 3.36. The second-order valence-electron chi connectivity index (χ2n) is 7.75. The molecule has 0 spiro atoms. The summed E-state index contributed by atoms with van der Waals surface area (Å²) in [6.45, 7) is 5.95. The summed E-state index contributed by atoms with van der Waals surface area (Å²) < 4.78 is 13.0. The van der Waals surface area contributed by atoms with E-state index in [1.807, 2.05) is 16.8 Å². The number of benzene rings is 1. The van der Waals surface area contributed by atoms with Crippen LogP contribution in [0.4, 0.5) is 4.39 Å². The van der Waals surface area contributed by atoms with Crippen molar-refractivity contribution in [2.24, 2.45) is 10.9 Å². The van der Waals surface area contributed by atoms with Crippen molar-refractivity contribution < 1.29 is 9.18 Å². The first-order valence-corrected chi connectivity index (χ1v) is 10.2. The van der Waals surface area contributed by atoms with Gasteiger partial charge in [0, 0.05) is 65.8 Å². The van der Waals surface area contributed by atoms with E-state index in [1.54, 1.807) is 19.2 Å². The quantitative estimate of drug-likeness (QED) is 0.358. The first-order chi connectivity index (χ1) is 13.6. The number of aliphatic imine (C=N–C) groups is 1. The fraction of sp³-hybridized carbons (Fsp3) is 0.619. The van der Waals surface area contributed by atoms with Crippen LogP contribution in [0.15, 0.2) is 29.3 Å². The lowest BCUT2D eigenvalue weighted by molar-refractivity contribution is -0.139. The maximum atomic E-state index is 13.0. The normalized spacial score (nSPS) is 18.0. The van der Waals surface area contributed by atoms with Crippen LogP contribution in [0.5, 0.6) is 0 Å². The number of carbonyl (C=O) groups excluding carboxylic acids is 1. The van der Waals surface area contributed by atoms with Crippen molar-refractivity contribution in [3.05, 3.63) is 35.6 Å². The molecule has 1 saturated heterocycles. The number of piperazine rings is 1. The number of amides is 1. The van der Waals surface area contributed by atoms with Crippen molar-refractivity contribution in [1.29, 1.82) is 0 Å². The molecule has 1 aliphatic carbocycles. The minimum Gasteiger partial charge on any atom is -0.355 e. The average Bonchev–Trinajstić information content (AvgIpc) is 2.66. The fourth-order valence-electron chi connectivity index (χ4n) is 3.75. The molecule has 8 heteroatoms. The summed E-state index contributed by atoms with van der Waals surface area (Å²) in [5.41, 5.74) is 1.04. The lowest BCUT2D eigenvalue weighted by Gasteiger charge is -2.38. The number of nitrogens with one attached hydrogen (secondary N) is 1. The number of carbonyl (C=O) groups is 1. The van der Waals surface area contributed by atoms with Crippen molar-refractivity contribution in [2.75, 3.05) is 53.4 Å². The van der Waals surface area contributed by atoms with Gasteiger partial charge in [-0.3, -0.25) is 14.7 Å². The lowest BCUT2D eigenvalue weighted by atomic mass is 9.84. The van der Waals surface area contributed by atoms with Gasteiger partial charge in [-0.05, 0) is 30.5 Å². The molecule has 0 atom stereocenters. The molecule has 1 saturated carbocycles. The van der Waals surface area contributed by atoms with Crippen LogP contribution in [0.25, 0.3) is 0 Å². The van der Waals surface area contributed by atoms with Crippen LogP contribution in [0, 0.1) is 11.7 Å². The van der Waals surface area contributed by atoms with Crippen LogP contribution in [-0.4, -0.2) is 79.9 Å². The predicted octanol–water partition coefficient (Wildman–Crippen LogP) is 2.40. The predicted molar refractivity (Wildman–Crippen MR) is 125 cm³/mol. The zero-order valence-electron chi connectivity index (χ0n) is 17.4. The Morgan fingerprint density at radius 2 is 1.86 bits per heavy atom. The van der Waals surface area contributed by atoms with Crippen LogP contribution >= 0.6 is 24.0 Å². The lowest BCUT2D eigenvalue weighted by Crippen LogP contribution is -2.52. The molecule has 1 aromatic carbocycles. The Balaban J connectivity index is 0.00000300. The molecule has 1 aliphatic heterocycles. The molecule has 0 bridgehead atoms. The monoisotopic (exact) mass is 517 g/mol. The number of rotatable bonds is 6. The number of hydrogen-bond acceptors (Lipinski definition) is 3. The summed E-state index contributed by atoms with van der Waals surface area (Å²) in [4.78, 5) is 23.1. The third kappa shape index (κ3) is 6.80. The Hall–Kier alpha value is -1.42. The van der Waals surface area contributed by atoms with E-state index < -0.39 is 0 Å². The van der Waals surface area contributed by atoms with Crippen LogP contribution in [0.1, 0.15) is 24.8 Å². The van der Waals surface area contributed by atoms with E-state index in [9.17, 15) is 9.18 Å². The molecular weight excluding hydrogens is 484 g/mol. The Kier molecular flexibility index (Phi) is 9.61. The summed E-state index contributed by atoms with van der Waals surface area (Å²) >= 11 is 0. The van der Waals surface area contributed by atoms with Crippen LogP contribution in [-0.2, 0) is 11.3 Å². The van der Waals surface area contributed by atoms with Gasteiger partial charge in [0.15, 0.2) is 5.96 Å². The van der Waals surface area contributed by atoms with Gasteiger partial charge in [0.25, 0.3) is 0 Å². The van der Waals surface area contributed by atoms with E-state index in [4.69, 9.17) is 0 Å². The molecular formula is C21H33FIN5O. The molecule has 2 fully saturated rings. The van der Waals surface area contributed by atoms with Crippen molar-refractivity contribution in [1.82, 2.24) is 20.0 Å². The number of hydrogen-bond donors (Lipinski definition) is 1. The molecule has 0 aromatic heterocycles. The van der Waals surface area contributed by atoms with Crippen LogP contribution < -0.4 is 5.32 Å². The van der Waals surface area contributed by atoms with Crippen molar-refractivity contribution in [3.63, 3.8) is 0 Å². The molecule has 0 radical (unpaired) electrons. The number of nitrogens with zero attached hydrogens (tertiary/aromatic N) is 4. The highest BCUT2D eigenvalue weighted by atomic mass is 127. The Morgan fingerprint density at radius 1 is 1.21 bits per heavy atom. The molecule has 162 valence electrons. The van der Waals surface area contributed by atoms with E-state index in [-0.39, 0.29) is 29.8 Å². The molecule has 1 amide bonds. The molecule has 1 N–H and O–H groups in total. The SMILES string of the molecule is CN=C(NCCN1CCN(C(=O)C2CCC2)CC1)N(C)Cc1ccc(F)cc1.I. The standard InChI is InChI=1S/C21H32FN5O.HI/c1-23-21(25(2)16-17-6-8-19(22)9-7-17)24-10-11-26-12-14-27(15-13-26)20(28)18-4-3-5-18;/h6-9,18H,3-5,10-16H2,1-2H3,(H,23,24);1H. The molecule has 3 rings (SSSR count). The highest BCUT2D eigenvalue weighted by molar-refractivity contribution is 14.0. The van der Waals surface area contributed by atoms with E-state index in [0.29, 0.717) is 18.4 Å². The maximum absolute atomic E-state index is 13.0. The third-order valence-corrected chi connectivity index (χ3v) is 5.76. The van der Waals surface area contributed by atoms with Crippen molar-refractivity contribution in [3.8, 4) is 0 Å². The largest absolute Gasteiger partial charge is 0.355 e. The second-order valence-corrected chi connectivity index (χ2v) is 7.75. The van der Waals surface area contributed by atoms with Crippen LogP contribution in [0.2, 0.25) is 0 Å². The van der Waals surface area contributed by atoms with E-state index in [0.717, 1.165) is 63.6 Å². The van der Waals surface area contributed by atoms with Gasteiger partial charge >= 0.3 is 0 Å². The van der Waals surface area contributed by atoms with Gasteiger partial charge in [-0.15, -0.1) is 24.0 Å². The molecule has 6 nitrogen and oxygen atoms in total. The van der Waals surface area contributed by atoms with Gasteiger partial charge < -0.3 is 15.1 Å². The average molecular weight is 517 g/mol. The fourth-order valence-corrected chi connectivity index (χ4v) is 3.75. The highest BCUT2D eigenvalue weighted by Gasteiger charge is 2.31. The van der Waals surface area contributed by atoms with Gasteiger partial charge in [0.05, 0.1) is 0 Å². The first kappa shape index (κ1) is 23.9. The Morgan fingerprint density at radius 3 is 2.41 bits per heavy atom. The molecule has 0 unspecified atom stereocenters. The smallest absolute Gasteiger partial charge is 0.225 e. The third-order valence-electron chi connectivity index (χ3n) is 5.76. The summed E-state index contributed by atoms with van der Waals surface area (Å²) in [5.74, 6) is 1.27. The molecule has 1 heterocycles. The van der Waals surface area contributed by atoms with E-state index >= 15 is 0 Å². The minimum absolute atomic E-state index is 0. The Bertz CT molecular complexity index is 672. The molecule has 29 heavy (non-hydrogen) atoms. The molecule has 1 aromatic rings. The van der Waals surface area contributed by atoms with Crippen molar-refractivity contribution >= 4 is 35.8 Å². The van der Waals surface area contributed by atoms with Gasteiger partial charge in [0.2, 0.25) is 5.91 Å². The highest BCUT2D eigenvalue weighted by Crippen LogP contribution is 2.28. The minimum atomic E-state index is -0.219. The molecule has 2 aliphatic rings. The van der Waals surface area contributed by atoms with Gasteiger partial charge in [-0.2, -0.15) is 0 Å². The summed E-state index contributed by atoms with van der Waals surface area (Å²) in [7, 11) is 3.75. The van der Waals surface area contributed by atoms with Gasteiger partial charge in [-0.1, -0.05) is 18.6 Å². The maximum Gasteiger partial charge on any atom is 0.225 e. The van der Waals surface area contributed by atoms with E-state index in [1.165, 1.54) is 18.6 Å². The van der Waals surface area contributed by atoms with E-state index in [2.05, 4.69) is 15.2 Å². The number of guanidine groups is 1.